The number of aryl methyl sites for hydroxylation is 1. The first-order chi connectivity index (χ1) is 12.6. The van der Waals surface area contributed by atoms with Gasteiger partial charge in [-0.3, -0.25) is 9.59 Å². The summed E-state index contributed by atoms with van der Waals surface area (Å²) in [5.41, 5.74) is 1.31. The average molecular weight is 355 g/mol. The second-order valence-electron chi connectivity index (χ2n) is 6.40. The smallest absolute Gasteiger partial charge is 0.534 e. The number of benzene rings is 1. The highest BCUT2D eigenvalue weighted by molar-refractivity contribution is 6.47. The number of carbonyl (C=O) groups is 2. The Balaban J connectivity index is 1.65. The monoisotopic (exact) mass is 355 g/mol. The lowest BCUT2D eigenvalue weighted by Crippen LogP contribution is -2.53. The number of para-hydroxylation sites is 1. The molecule has 0 aliphatic carbocycles. The zero-order valence-electron chi connectivity index (χ0n) is 14.7. The van der Waals surface area contributed by atoms with Gasteiger partial charge in [-0.15, -0.1) is 0 Å². The molecule has 0 spiro atoms. The number of aromatic nitrogens is 2. The minimum atomic E-state index is -1.18. The lowest BCUT2D eigenvalue weighted by atomic mass is 9.72. The minimum Gasteiger partial charge on any atom is -0.534 e. The van der Waals surface area contributed by atoms with Gasteiger partial charge in [0.15, 0.2) is 5.78 Å². The van der Waals surface area contributed by atoms with E-state index < -0.39 is 13.1 Å². The van der Waals surface area contributed by atoms with Gasteiger partial charge < -0.3 is 19.6 Å². The highest BCUT2D eigenvalue weighted by Crippen LogP contribution is 2.31. The summed E-state index contributed by atoms with van der Waals surface area (Å²) in [4.78, 5) is 28.3. The Kier molecular flexibility index (Phi) is 5.73. The minimum absolute atomic E-state index is 0.000585. The molecular formula is C18H22BN3O4. The van der Waals surface area contributed by atoms with Crippen LogP contribution < -0.4 is 9.97 Å². The number of carbonyl (C=O) groups excluding carboxylic acids is 2. The maximum absolute atomic E-state index is 12.2. The summed E-state index contributed by atoms with van der Waals surface area (Å²) in [7, 11) is -1.18. The molecule has 0 saturated heterocycles. The molecule has 0 bridgehead atoms. The van der Waals surface area contributed by atoms with Crippen LogP contribution in [-0.2, 0) is 17.8 Å². The number of amides is 1. The van der Waals surface area contributed by atoms with E-state index in [1.165, 1.54) is 0 Å². The van der Waals surface area contributed by atoms with Gasteiger partial charge in [-0.25, -0.2) is 4.98 Å². The number of hydrogen-bond acceptors (Lipinski definition) is 5. The van der Waals surface area contributed by atoms with Crippen LogP contribution >= 0.6 is 0 Å². The third-order valence-corrected chi connectivity index (χ3v) is 4.40. The molecule has 2 heterocycles. The average Bonchev–Trinajstić information content (AvgIpc) is 3.14. The van der Waals surface area contributed by atoms with Gasteiger partial charge in [0, 0.05) is 31.8 Å². The van der Waals surface area contributed by atoms with Crippen molar-refractivity contribution in [1.29, 1.82) is 0 Å². The molecule has 0 radical (unpaired) electrons. The number of Topliss-reactive ketones (excluding diaryl/α,β-unsaturated/α-hetero) is 1. The summed E-state index contributed by atoms with van der Waals surface area (Å²) < 4.78 is 7.41. The van der Waals surface area contributed by atoms with E-state index >= 15 is 0 Å². The third-order valence-electron chi connectivity index (χ3n) is 4.40. The van der Waals surface area contributed by atoms with Crippen LogP contribution in [0.4, 0.5) is 0 Å². The van der Waals surface area contributed by atoms with E-state index in [0.717, 1.165) is 12.0 Å². The van der Waals surface area contributed by atoms with Crippen molar-refractivity contribution in [2.45, 2.75) is 45.1 Å². The van der Waals surface area contributed by atoms with Gasteiger partial charge in [0.2, 0.25) is 5.91 Å². The first-order valence-corrected chi connectivity index (χ1v) is 8.83. The van der Waals surface area contributed by atoms with Crippen LogP contribution in [0.25, 0.3) is 0 Å². The molecule has 1 amide bonds. The normalized spacial score (nSPS) is 15.9. The molecule has 1 aromatic carbocycles. The van der Waals surface area contributed by atoms with E-state index in [2.05, 4.69) is 10.3 Å². The SMILES string of the molecule is CCCC(=O)c1cccc2c1OB(O)C(NC(=O)CCn1ccnc1)C2. The quantitative estimate of drug-likeness (QED) is 0.578. The van der Waals surface area contributed by atoms with E-state index in [1.54, 1.807) is 30.9 Å². The van der Waals surface area contributed by atoms with Gasteiger partial charge in [0.25, 0.3) is 0 Å². The Morgan fingerprint density at radius 3 is 3.00 bits per heavy atom. The van der Waals surface area contributed by atoms with Gasteiger partial charge in [-0.2, -0.15) is 0 Å². The van der Waals surface area contributed by atoms with Crippen LogP contribution in [0.15, 0.2) is 36.9 Å². The molecule has 26 heavy (non-hydrogen) atoms. The molecule has 1 aliphatic rings. The van der Waals surface area contributed by atoms with Crippen LogP contribution in [0.2, 0.25) is 0 Å². The van der Waals surface area contributed by atoms with Crippen LogP contribution in [0.1, 0.15) is 42.1 Å². The van der Waals surface area contributed by atoms with Crippen LogP contribution in [0.5, 0.6) is 5.75 Å². The number of ketones is 1. The first-order valence-electron chi connectivity index (χ1n) is 8.83. The van der Waals surface area contributed by atoms with Crippen LogP contribution in [-0.4, -0.2) is 39.3 Å². The predicted molar refractivity (Wildman–Crippen MR) is 96.8 cm³/mol. The van der Waals surface area contributed by atoms with Crippen molar-refractivity contribution in [2.24, 2.45) is 0 Å². The van der Waals surface area contributed by atoms with Crippen LogP contribution in [0, 0.1) is 0 Å². The van der Waals surface area contributed by atoms with E-state index in [4.69, 9.17) is 4.65 Å². The molecule has 2 N–H and O–H groups in total. The maximum Gasteiger partial charge on any atom is 0.547 e. The number of nitrogens with one attached hydrogen (secondary N) is 1. The van der Waals surface area contributed by atoms with Gasteiger partial charge in [-0.05, 0) is 24.5 Å². The molecule has 0 fully saturated rings. The van der Waals surface area contributed by atoms with E-state index in [9.17, 15) is 14.6 Å². The third kappa shape index (κ3) is 4.13. The largest absolute Gasteiger partial charge is 0.547 e. The standard InChI is InChI=1S/C18H22BN3O4/c1-2-4-15(23)14-6-3-5-13-11-16(19(25)26-18(13)14)21-17(24)7-9-22-10-8-20-12-22/h3,5-6,8,10,12,16,25H,2,4,7,9,11H2,1H3,(H,21,24). The van der Waals surface area contributed by atoms with Crippen molar-refractivity contribution < 1.29 is 19.3 Å². The Morgan fingerprint density at radius 1 is 1.42 bits per heavy atom. The molecule has 8 heteroatoms. The molecule has 3 rings (SSSR count). The molecular weight excluding hydrogens is 333 g/mol. The topological polar surface area (TPSA) is 93.5 Å². The summed E-state index contributed by atoms with van der Waals surface area (Å²) in [6.07, 6.45) is 6.98. The van der Waals surface area contributed by atoms with Crippen molar-refractivity contribution >= 4 is 18.8 Å². The van der Waals surface area contributed by atoms with Crippen molar-refractivity contribution in [3.63, 3.8) is 0 Å². The van der Waals surface area contributed by atoms with Crippen LogP contribution in [0.3, 0.4) is 0 Å². The highest BCUT2D eigenvalue weighted by Gasteiger charge is 2.37. The fourth-order valence-corrected chi connectivity index (χ4v) is 3.06. The van der Waals surface area contributed by atoms with Crippen molar-refractivity contribution in [3.8, 4) is 5.75 Å². The summed E-state index contributed by atoms with van der Waals surface area (Å²) in [5, 5.41) is 13.1. The number of hydrogen-bond donors (Lipinski definition) is 2. The lowest BCUT2D eigenvalue weighted by Gasteiger charge is -2.29. The van der Waals surface area contributed by atoms with Gasteiger partial charge in [0.05, 0.1) is 17.8 Å². The molecule has 1 atom stereocenters. The van der Waals surface area contributed by atoms with Crippen molar-refractivity contribution in [3.05, 3.63) is 48.0 Å². The molecule has 1 aromatic heterocycles. The summed E-state index contributed by atoms with van der Waals surface area (Å²) in [6, 6.07) is 5.38. The maximum atomic E-state index is 12.2. The van der Waals surface area contributed by atoms with Gasteiger partial charge >= 0.3 is 7.12 Å². The van der Waals surface area contributed by atoms with Gasteiger partial charge in [-0.1, -0.05) is 19.1 Å². The predicted octanol–water partition coefficient (Wildman–Crippen LogP) is 1.40. The second-order valence-corrected chi connectivity index (χ2v) is 6.40. The Bertz CT molecular complexity index is 779. The Hall–Kier alpha value is -2.61. The van der Waals surface area contributed by atoms with Gasteiger partial charge in [0.1, 0.15) is 5.75 Å². The summed E-state index contributed by atoms with van der Waals surface area (Å²) in [5.74, 6) is -0.288. The molecule has 7 nitrogen and oxygen atoms in total. The molecule has 2 aromatic rings. The number of rotatable bonds is 7. The fraction of sp³-hybridized carbons (Fsp3) is 0.389. The highest BCUT2D eigenvalue weighted by atomic mass is 16.5. The molecule has 0 saturated carbocycles. The number of nitrogens with zero attached hydrogens (tertiary/aromatic N) is 2. The summed E-state index contributed by atoms with van der Waals surface area (Å²) >= 11 is 0. The number of fused-ring (bicyclic) bond motifs is 1. The lowest BCUT2D eigenvalue weighted by molar-refractivity contribution is -0.121. The second kappa shape index (κ2) is 8.18. The van der Waals surface area contributed by atoms with Crippen molar-refractivity contribution in [1.82, 2.24) is 14.9 Å². The Morgan fingerprint density at radius 2 is 2.27 bits per heavy atom. The first kappa shape index (κ1) is 18.2. The zero-order chi connectivity index (χ0) is 18.5. The molecule has 1 aliphatic heterocycles. The van der Waals surface area contributed by atoms with E-state index in [1.807, 2.05) is 17.6 Å². The van der Waals surface area contributed by atoms with E-state index in [-0.39, 0.29) is 18.1 Å². The number of imidazole rings is 1. The Labute approximate surface area is 152 Å². The van der Waals surface area contributed by atoms with Crippen molar-refractivity contribution in [2.75, 3.05) is 0 Å². The molecule has 136 valence electrons. The zero-order valence-corrected chi connectivity index (χ0v) is 14.7. The fourth-order valence-electron chi connectivity index (χ4n) is 3.06. The van der Waals surface area contributed by atoms with E-state index in [0.29, 0.717) is 30.7 Å². The molecule has 1 unspecified atom stereocenters. The summed E-state index contributed by atoms with van der Waals surface area (Å²) in [6.45, 7) is 2.46.